The van der Waals surface area contributed by atoms with Crippen LogP contribution in [0.4, 0.5) is 0 Å². The van der Waals surface area contributed by atoms with Crippen molar-refractivity contribution in [3.63, 3.8) is 0 Å². The summed E-state index contributed by atoms with van der Waals surface area (Å²) < 4.78 is 10.3. The van der Waals surface area contributed by atoms with E-state index < -0.39 is 0 Å². The van der Waals surface area contributed by atoms with Crippen molar-refractivity contribution in [2.24, 2.45) is 5.92 Å². The van der Waals surface area contributed by atoms with E-state index in [-0.39, 0.29) is 17.8 Å². The first-order chi connectivity index (χ1) is 9.15. The SMILES string of the molecule is Cc1occc1C(=O)OCC1CC(=O)N(C2CC2)C1. The van der Waals surface area contributed by atoms with Crippen LogP contribution in [0.15, 0.2) is 16.7 Å². The zero-order chi connectivity index (χ0) is 13.4. The second kappa shape index (κ2) is 4.72. The number of furan rings is 1. The van der Waals surface area contributed by atoms with Crippen molar-refractivity contribution in [3.8, 4) is 0 Å². The summed E-state index contributed by atoms with van der Waals surface area (Å²) in [6.07, 6.45) is 4.20. The van der Waals surface area contributed by atoms with Gasteiger partial charge in [0, 0.05) is 24.9 Å². The molecule has 1 aromatic rings. The average Bonchev–Trinajstić information content (AvgIpc) is 3.03. The summed E-state index contributed by atoms with van der Waals surface area (Å²) >= 11 is 0. The van der Waals surface area contributed by atoms with Crippen molar-refractivity contribution in [1.82, 2.24) is 4.90 Å². The molecule has 1 aliphatic heterocycles. The first kappa shape index (κ1) is 12.3. The van der Waals surface area contributed by atoms with Gasteiger partial charge in [-0.25, -0.2) is 4.79 Å². The number of carbonyl (C=O) groups is 2. The lowest BCUT2D eigenvalue weighted by Gasteiger charge is -2.15. The molecule has 2 heterocycles. The maximum absolute atomic E-state index is 11.8. The number of likely N-dealkylation sites (tertiary alicyclic amines) is 1. The lowest BCUT2D eigenvalue weighted by Crippen LogP contribution is -2.27. The summed E-state index contributed by atoms with van der Waals surface area (Å²) in [5, 5.41) is 0. The van der Waals surface area contributed by atoms with Crippen LogP contribution in [0, 0.1) is 12.8 Å². The van der Waals surface area contributed by atoms with Crippen molar-refractivity contribution in [1.29, 1.82) is 0 Å². The zero-order valence-corrected chi connectivity index (χ0v) is 10.9. The molecule has 0 bridgehead atoms. The fourth-order valence-electron chi connectivity index (χ4n) is 2.53. The van der Waals surface area contributed by atoms with Crippen LogP contribution < -0.4 is 0 Å². The highest BCUT2D eigenvalue weighted by molar-refractivity contribution is 5.90. The predicted molar refractivity (Wildman–Crippen MR) is 66.6 cm³/mol. The standard InChI is InChI=1S/C14H17NO4/c1-9-12(4-5-18-9)14(17)19-8-10-6-13(16)15(7-10)11-2-3-11/h4-5,10-11H,2-3,6-8H2,1H3. The normalized spacial score (nSPS) is 22.9. The van der Waals surface area contributed by atoms with Crippen molar-refractivity contribution in [2.75, 3.05) is 13.2 Å². The van der Waals surface area contributed by atoms with Gasteiger partial charge >= 0.3 is 5.97 Å². The van der Waals surface area contributed by atoms with Gasteiger partial charge in [-0.1, -0.05) is 0 Å². The fourth-order valence-corrected chi connectivity index (χ4v) is 2.53. The number of aryl methyl sites for hydroxylation is 1. The number of hydrogen-bond donors (Lipinski definition) is 0. The van der Waals surface area contributed by atoms with Crippen LogP contribution in [0.2, 0.25) is 0 Å². The van der Waals surface area contributed by atoms with Gasteiger partial charge in [-0.15, -0.1) is 0 Å². The van der Waals surface area contributed by atoms with Gasteiger partial charge in [0.15, 0.2) is 0 Å². The molecule has 19 heavy (non-hydrogen) atoms. The minimum atomic E-state index is -0.372. The molecule has 102 valence electrons. The van der Waals surface area contributed by atoms with E-state index in [1.165, 1.54) is 6.26 Å². The summed E-state index contributed by atoms with van der Waals surface area (Å²) in [7, 11) is 0. The highest BCUT2D eigenvalue weighted by Crippen LogP contribution is 2.32. The number of esters is 1. The topological polar surface area (TPSA) is 59.8 Å². The van der Waals surface area contributed by atoms with Crippen LogP contribution in [-0.4, -0.2) is 36.0 Å². The third-order valence-electron chi connectivity index (χ3n) is 3.76. The van der Waals surface area contributed by atoms with E-state index in [1.807, 2.05) is 4.90 Å². The molecule has 2 aliphatic rings. The van der Waals surface area contributed by atoms with Gasteiger partial charge in [0.25, 0.3) is 0 Å². The minimum absolute atomic E-state index is 0.129. The van der Waals surface area contributed by atoms with E-state index in [0.29, 0.717) is 30.4 Å². The molecular weight excluding hydrogens is 246 g/mol. The maximum atomic E-state index is 11.8. The van der Waals surface area contributed by atoms with E-state index in [0.717, 1.165) is 19.4 Å². The number of nitrogens with zero attached hydrogens (tertiary/aromatic N) is 1. The van der Waals surface area contributed by atoms with Gasteiger partial charge in [0.05, 0.1) is 12.9 Å². The molecule has 5 nitrogen and oxygen atoms in total. The molecule has 2 fully saturated rings. The molecule has 1 atom stereocenters. The van der Waals surface area contributed by atoms with Crippen LogP contribution in [0.5, 0.6) is 0 Å². The quantitative estimate of drug-likeness (QED) is 0.777. The molecule has 5 heteroatoms. The number of carbonyl (C=O) groups excluding carboxylic acids is 2. The number of rotatable bonds is 4. The Balaban J connectivity index is 1.52. The Morgan fingerprint density at radius 3 is 2.95 bits per heavy atom. The van der Waals surface area contributed by atoms with Crippen molar-refractivity contribution in [2.45, 2.75) is 32.2 Å². The molecule has 0 aromatic carbocycles. The fraction of sp³-hybridized carbons (Fsp3) is 0.571. The first-order valence-electron chi connectivity index (χ1n) is 6.66. The number of hydrogen-bond acceptors (Lipinski definition) is 4. The van der Waals surface area contributed by atoms with Gasteiger partial charge < -0.3 is 14.1 Å². The van der Waals surface area contributed by atoms with Gasteiger partial charge in [0.2, 0.25) is 5.91 Å². The Morgan fingerprint density at radius 2 is 2.32 bits per heavy atom. The smallest absolute Gasteiger partial charge is 0.341 e. The number of ether oxygens (including phenoxy) is 1. The van der Waals surface area contributed by atoms with E-state index in [4.69, 9.17) is 9.15 Å². The largest absolute Gasteiger partial charge is 0.469 e. The Kier molecular flexibility index (Phi) is 3.05. The summed E-state index contributed by atoms with van der Waals surface area (Å²) in [4.78, 5) is 25.5. The van der Waals surface area contributed by atoms with E-state index in [2.05, 4.69) is 0 Å². The first-order valence-corrected chi connectivity index (χ1v) is 6.66. The van der Waals surface area contributed by atoms with E-state index >= 15 is 0 Å². The van der Waals surface area contributed by atoms with Crippen molar-refractivity contribution < 1.29 is 18.7 Å². The molecule has 1 saturated carbocycles. The third-order valence-corrected chi connectivity index (χ3v) is 3.76. The Bertz CT molecular complexity index is 503. The van der Waals surface area contributed by atoms with E-state index in [1.54, 1.807) is 13.0 Å². The maximum Gasteiger partial charge on any atom is 0.341 e. The molecular formula is C14H17NO4. The van der Waals surface area contributed by atoms with E-state index in [9.17, 15) is 9.59 Å². The van der Waals surface area contributed by atoms with Crippen molar-refractivity contribution >= 4 is 11.9 Å². The second-order valence-corrected chi connectivity index (χ2v) is 5.34. The van der Waals surface area contributed by atoms with Crippen LogP contribution >= 0.6 is 0 Å². The minimum Gasteiger partial charge on any atom is -0.469 e. The van der Waals surface area contributed by atoms with Crippen LogP contribution in [0.1, 0.15) is 35.4 Å². The van der Waals surface area contributed by atoms with Gasteiger partial charge in [0.1, 0.15) is 11.3 Å². The number of amides is 1. The summed E-state index contributed by atoms with van der Waals surface area (Å²) in [5.74, 6) is 0.517. The Hall–Kier alpha value is -1.78. The molecule has 0 radical (unpaired) electrons. The summed E-state index contributed by atoms with van der Waals surface area (Å²) in [5.41, 5.74) is 0.461. The van der Waals surface area contributed by atoms with Crippen LogP contribution in [0.25, 0.3) is 0 Å². The Labute approximate surface area is 111 Å². The highest BCUT2D eigenvalue weighted by atomic mass is 16.5. The van der Waals surface area contributed by atoms with Crippen molar-refractivity contribution in [3.05, 3.63) is 23.7 Å². The van der Waals surface area contributed by atoms with Gasteiger partial charge in [-0.2, -0.15) is 0 Å². The lowest BCUT2D eigenvalue weighted by atomic mass is 10.1. The predicted octanol–water partition coefficient (Wildman–Crippen LogP) is 1.76. The molecule has 1 amide bonds. The van der Waals surface area contributed by atoms with Crippen LogP contribution in [-0.2, 0) is 9.53 Å². The molecule has 0 N–H and O–H groups in total. The molecule has 1 saturated heterocycles. The van der Waals surface area contributed by atoms with Gasteiger partial charge in [-0.05, 0) is 25.8 Å². The lowest BCUT2D eigenvalue weighted by molar-refractivity contribution is -0.128. The monoisotopic (exact) mass is 263 g/mol. The molecule has 1 aliphatic carbocycles. The highest BCUT2D eigenvalue weighted by Gasteiger charge is 2.39. The summed E-state index contributed by atoms with van der Waals surface area (Å²) in [6, 6.07) is 2.05. The average molecular weight is 263 g/mol. The van der Waals surface area contributed by atoms with Crippen LogP contribution in [0.3, 0.4) is 0 Å². The Morgan fingerprint density at radius 1 is 1.53 bits per heavy atom. The summed E-state index contributed by atoms with van der Waals surface area (Å²) in [6.45, 7) is 2.75. The zero-order valence-electron chi connectivity index (χ0n) is 10.9. The molecule has 3 rings (SSSR count). The third kappa shape index (κ3) is 2.50. The second-order valence-electron chi connectivity index (χ2n) is 5.34. The molecule has 1 aromatic heterocycles. The molecule has 0 spiro atoms. The molecule has 1 unspecified atom stereocenters. The van der Waals surface area contributed by atoms with Gasteiger partial charge in [-0.3, -0.25) is 4.79 Å².